The number of carbonyl (C=O) groups is 1. The molecular weight excluding hydrogens is 334 g/mol. The van der Waals surface area contributed by atoms with Gasteiger partial charge in [0.1, 0.15) is 5.60 Å². The van der Waals surface area contributed by atoms with Gasteiger partial charge in [-0.2, -0.15) is 5.10 Å². The lowest BCUT2D eigenvalue weighted by Crippen LogP contribution is -2.23. The van der Waals surface area contributed by atoms with Gasteiger partial charge in [0.05, 0.1) is 16.6 Å². The van der Waals surface area contributed by atoms with Crippen molar-refractivity contribution >= 4 is 27.7 Å². The number of aromatic nitrogens is 2. The number of benzene rings is 1. The Morgan fingerprint density at radius 1 is 1.33 bits per heavy atom. The van der Waals surface area contributed by atoms with Crippen molar-refractivity contribution in [2.45, 2.75) is 32.9 Å². The van der Waals surface area contributed by atoms with Crippen LogP contribution in [0, 0.1) is 0 Å². The molecule has 112 valence electrons. The number of halogens is 1. The Balaban J connectivity index is 2.07. The highest BCUT2D eigenvalue weighted by molar-refractivity contribution is 9.10. The van der Waals surface area contributed by atoms with Crippen LogP contribution in [0.5, 0.6) is 0 Å². The highest BCUT2D eigenvalue weighted by atomic mass is 79.9. The van der Waals surface area contributed by atoms with Crippen molar-refractivity contribution < 1.29 is 9.53 Å². The molecule has 0 aliphatic rings. The molecule has 2 aromatic rings. The van der Waals surface area contributed by atoms with Gasteiger partial charge in [0.25, 0.3) is 0 Å². The third-order valence-electron chi connectivity index (χ3n) is 2.68. The summed E-state index contributed by atoms with van der Waals surface area (Å²) in [5, 5.41) is 4.17. The summed E-state index contributed by atoms with van der Waals surface area (Å²) < 4.78 is 7.83. The number of carbonyl (C=O) groups excluding carboxylic acids is 1. The van der Waals surface area contributed by atoms with Gasteiger partial charge in [0.15, 0.2) is 5.82 Å². The predicted molar refractivity (Wildman–Crippen MR) is 85.1 cm³/mol. The number of esters is 1. The molecule has 0 spiro atoms. The lowest BCUT2D eigenvalue weighted by Gasteiger charge is -2.19. The molecule has 0 saturated heterocycles. The van der Waals surface area contributed by atoms with Crippen molar-refractivity contribution in [2.75, 3.05) is 5.73 Å². The maximum absolute atomic E-state index is 11.9. The molecule has 0 atom stereocenters. The molecule has 2 N–H and O–H groups in total. The van der Waals surface area contributed by atoms with Crippen LogP contribution in [0.3, 0.4) is 0 Å². The highest BCUT2D eigenvalue weighted by Gasteiger charge is 2.17. The first kappa shape index (κ1) is 15.6. The van der Waals surface area contributed by atoms with Gasteiger partial charge >= 0.3 is 5.97 Å². The number of nitrogens with zero attached hydrogens (tertiary/aromatic N) is 2. The molecule has 0 amide bonds. The second-order valence-corrected chi connectivity index (χ2v) is 6.61. The minimum absolute atomic E-state index is 0.319. The van der Waals surface area contributed by atoms with Crippen LogP contribution in [0.4, 0.5) is 5.82 Å². The topological polar surface area (TPSA) is 70.1 Å². The lowest BCUT2D eigenvalue weighted by atomic mass is 10.1. The minimum atomic E-state index is -0.491. The van der Waals surface area contributed by atoms with Crippen molar-refractivity contribution in [1.29, 1.82) is 0 Å². The summed E-state index contributed by atoms with van der Waals surface area (Å²) in [7, 11) is 0. The van der Waals surface area contributed by atoms with Gasteiger partial charge in [0.2, 0.25) is 0 Å². The standard InChI is InChI=1S/C15H18BrN3O2/c1-15(2,3)21-14(20)11-6-4-10(5-7-11)8-19-9-12(16)13(17)18-19/h4-7,9H,8H2,1-3H3,(H2,17,18). The van der Waals surface area contributed by atoms with Crippen molar-refractivity contribution in [2.24, 2.45) is 0 Å². The first-order chi connectivity index (χ1) is 9.74. The zero-order valence-corrected chi connectivity index (χ0v) is 13.8. The first-order valence-electron chi connectivity index (χ1n) is 6.55. The van der Waals surface area contributed by atoms with Crippen LogP contribution in [-0.4, -0.2) is 21.4 Å². The number of ether oxygens (including phenoxy) is 1. The van der Waals surface area contributed by atoms with Gasteiger partial charge in [-0.3, -0.25) is 4.68 Å². The van der Waals surface area contributed by atoms with Gasteiger partial charge < -0.3 is 10.5 Å². The fourth-order valence-electron chi connectivity index (χ4n) is 1.76. The number of nitrogen functional groups attached to an aromatic ring is 1. The Kier molecular flexibility index (Phi) is 4.37. The number of anilines is 1. The molecule has 6 heteroatoms. The van der Waals surface area contributed by atoms with E-state index in [0.717, 1.165) is 10.0 Å². The average Bonchev–Trinajstić information content (AvgIpc) is 2.67. The number of hydrogen-bond donors (Lipinski definition) is 1. The first-order valence-corrected chi connectivity index (χ1v) is 7.34. The maximum atomic E-state index is 11.9. The van der Waals surface area contributed by atoms with E-state index in [-0.39, 0.29) is 5.97 Å². The molecule has 0 aliphatic carbocycles. The SMILES string of the molecule is CC(C)(C)OC(=O)c1ccc(Cn2cc(Br)c(N)n2)cc1. The fourth-order valence-corrected chi connectivity index (χ4v) is 2.08. The number of rotatable bonds is 3. The monoisotopic (exact) mass is 351 g/mol. The van der Waals surface area contributed by atoms with E-state index in [2.05, 4.69) is 21.0 Å². The van der Waals surface area contributed by atoms with E-state index in [1.54, 1.807) is 16.8 Å². The second-order valence-electron chi connectivity index (χ2n) is 5.76. The fraction of sp³-hybridized carbons (Fsp3) is 0.333. The zero-order chi connectivity index (χ0) is 15.6. The molecule has 1 aromatic carbocycles. The van der Waals surface area contributed by atoms with Crippen LogP contribution < -0.4 is 5.73 Å². The van der Waals surface area contributed by atoms with Crippen LogP contribution in [0.1, 0.15) is 36.7 Å². The molecule has 1 aromatic heterocycles. The Labute approximate surface area is 132 Å². The predicted octanol–water partition coefficient (Wildman–Crippen LogP) is 3.23. The van der Waals surface area contributed by atoms with Crippen molar-refractivity contribution in [1.82, 2.24) is 9.78 Å². The molecule has 21 heavy (non-hydrogen) atoms. The van der Waals surface area contributed by atoms with Crippen LogP contribution >= 0.6 is 15.9 Å². The highest BCUT2D eigenvalue weighted by Crippen LogP contribution is 2.18. The van der Waals surface area contributed by atoms with Crippen LogP contribution in [0.2, 0.25) is 0 Å². The van der Waals surface area contributed by atoms with Crippen LogP contribution in [0.15, 0.2) is 34.9 Å². The van der Waals surface area contributed by atoms with Crippen molar-refractivity contribution in [3.63, 3.8) is 0 Å². The summed E-state index contributed by atoms with van der Waals surface area (Å²) in [6.07, 6.45) is 1.82. The molecule has 0 saturated carbocycles. The molecule has 0 unspecified atom stereocenters. The van der Waals surface area contributed by atoms with Gasteiger partial charge in [-0.15, -0.1) is 0 Å². The Hall–Kier alpha value is -1.82. The third-order valence-corrected chi connectivity index (χ3v) is 3.29. The van der Waals surface area contributed by atoms with E-state index in [1.807, 2.05) is 39.1 Å². The summed E-state index contributed by atoms with van der Waals surface area (Å²) in [5.74, 6) is 0.139. The number of nitrogens with two attached hydrogens (primary N) is 1. The summed E-state index contributed by atoms with van der Waals surface area (Å²) in [6, 6.07) is 7.27. The summed E-state index contributed by atoms with van der Waals surface area (Å²) >= 11 is 3.32. The summed E-state index contributed by atoms with van der Waals surface area (Å²) in [4.78, 5) is 11.9. The summed E-state index contributed by atoms with van der Waals surface area (Å²) in [5.41, 5.74) is 6.75. The van der Waals surface area contributed by atoms with E-state index in [1.165, 1.54) is 0 Å². The zero-order valence-electron chi connectivity index (χ0n) is 12.3. The minimum Gasteiger partial charge on any atom is -0.456 e. The average molecular weight is 352 g/mol. The smallest absolute Gasteiger partial charge is 0.338 e. The Morgan fingerprint density at radius 2 is 1.95 bits per heavy atom. The van der Waals surface area contributed by atoms with Gasteiger partial charge in [-0.05, 0) is 54.4 Å². The van der Waals surface area contributed by atoms with Gasteiger partial charge in [0, 0.05) is 6.20 Å². The number of hydrogen-bond acceptors (Lipinski definition) is 4. The Morgan fingerprint density at radius 3 is 2.43 bits per heavy atom. The maximum Gasteiger partial charge on any atom is 0.338 e. The third kappa shape index (κ3) is 4.32. The van der Waals surface area contributed by atoms with Crippen molar-refractivity contribution in [3.8, 4) is 0 Å². The van der Waals surface area contributed by atoms with Crippen LogP contribution in [-0.2, 0) is 11.3 Å². The second kappa shape index (κ2) is 5.89. The molecule has 1 heterocycles. The largest absolute Gasteiger partial charge is 0.456 e. The Bertz CT molecular complexity index is 622. The molecule has 0 radical (unpaired) electrons. The van der Waals surface area contributed by atoms with E-state index in [4.69, 9.17) is 10.5 Å². The molecular formula is C15H18BrN3O2. The molecule has 0 fully saturated rings. The molecule has 2 rings (SSSR count). The van der Waals surface area contributed by atoms with E-state index in [9.17, 15) is 4.79 Å². The van der Waals surface area contributed by atoms with E-state index < -0.39 is 5.60 Å². The van der Waals surface area contributed by atoms with E-state index >= 15 is 0 Å². The quantitative estimate of drug-likeness (QED) is 0.861. The van der Waals surface area contributed by atoms with Gasteiger partial charge in [-0.25, -0.2) is 4.79 Å². The van der Waals surface area contributed by atoms with Gasteiger partial charge in [-0.1, -0.05) is 12.1 Å². The van der Waals surface area contributed by atoms with Crippen molar-refractivity contribution in [3.05, 3.63) is 46.1 Å². The lowest BCUT2D eigenvalue weighted by molar-refractivity contribution is 0.00695. The van der Waals surface area contributed by atoms with Crippen LogP contribution in [0.25, 0.3) is 0 Å². The summed E-state index contributed by atoms with van der Waals surface area (Å²) in [6.45, 7) is 6.13. The normalized spacial score (nSPS) is 11.4. The van der Waals surface area contributed by atoms with E-state index in [0.29, 0.717) is 17.9 Å². The molecule has 0 aliphatic heterocycles. The molecule has 5 nitrogen and oxygen atoms in total. The molecule has 0 bridgehead atoms.